The molecule has 5 nitrogen and oxygen atoms in total. The molecule has 11 heavy (non-hydrogen) atoms. The van der Waals surface area contributed by atoms with Crippen molar-refractivity contribution in [1.29, 1.82) is 0 Å². The Morgan fingerprint density at radius 2 is 2.09 bits per heavy atom. The molecule has 0 heterocycles. The summed E-state index contributed by atoms with van der Waals surface area (Å²) in [5.41, 5.74) is -1.62. The molecule has 0 bridgehead atoms. The standard InChI is InChI=1S/C6H13NO4/c1-3-4-6(2,5(8)9)7(10)11/h5,8-9H,3-4H2,1-2H3. The molecule has 1 atom stereocenters. The minimum atomic E-state index is -1.89. The summed E-state index contributed by atoms with van der Waals surface area (Å²) >= 11 is 0. The monoisotopic (exact) mass is 163 g/mol. The molecule has 0 aromatic carbocycles. The summed E-state index contributed by atoms with van der Waals surface area (Å²) in [6.07, 6.45) is -1.18. The molecule has 0 aliphatic rings. The van der Waals surface area contributed by atoms with E-state index >= 15 is 0 Å². The van der Waals surface area contributed by atoms with Crippen LogP contribution >= 0.6 is 0 Å². The van der Waals surface area contributed by atoms with Crippen LogP contribution in [-0.4, -0.2) is 27.0 Å². The number of rotatable bonds is 4. The Labute approximate surface area is 64.8 Å². The van der Waals surface area contributed by atoms with E-state index in [2.05, 4.69) is 0 Å². The van der Waals surface area contributed by atoms with Crippen molar-refractivity contribution in [1.82, 2.24) is 0 Å². The average molecular weight is 163 g/mol. The van der Waals surface area contributed by atoms with Gasteiger partial charge in [0.2, 0.25) is 6.29 Å². The number of nitro groups is 1. The Balaban J connectivity index is 4.38. The zero-order valence-corrected chi connectivity index (χ0v) is 6.65. The minimum absolute atomic E-state index is 0.164. The lowest BCUT2D eigenvalue weighted by Gasteiger charge is -2.21. The molecule has 0 aliphatic carbocycles. The lowest BCUT2D eigenvalue weighted by molar-refractivity contribution is -0.591. The van der Waals surface area contributed by atoms with Crippen molar-refractivity contribution >= 4 is 0 Å². The zero-order chi connectivity index (χ0) is 9.07. The van der Waals surface area contributed by atoms with Gasteiger partial charge in [0, 0.05) is 18.3 Å². The molecule has 0 saturated carbocycles. The Hall–Kier alpha value is -0.680. The molecule has 5 heteroatoms. The van der Waals surface area contributed by atoms with E-state index in [-0.39, 0.29) is 6.42 Å². The first-order valence-electron chi connectivity index (χ1n) is 3.45. The lowest BCUT2D eigenvalue weighted by atomic mass is 9.97. The van der Waals surface area contributed by atoms with Crippen molar-refractivity contribution in [3.05, 3.63) is 10.1 Å². The Bertz CT molecular complexity index is 148. The van der Waals surface area contributed by atoms with Gasteiger partial charge in [0.05, 0.1) is 0 Å². The molecule has 0 aromatic rings. The van der Waals surface area contributed by atoms with Crippen LogP contribution in [0.2, 0.25) is 0 Å². The zero-order valence-electron chi connectivity index (χ0n) is 6.65. The quantitative estimate of drug-likeness (QED) is 0.350. The van der Waals surface area contributed by atoms with Gasteiger partial charge in [0.15, 0.2) is 0 Å². The number of aliphatic hydroxyl groups is 2. The second-order valence-electron chi connectivity index (χ2n) is 2.74. The van der Waals surface area contributed by atoms with Gasteiger partial charge >= 0.3 is 0 Å². The van der Waals surface area contributed by atoms with Gasteiger partial charge in [-0.1, -0.05) is 6.92 Å². The van der Waals surface area contributed by atoms with E-state index in [1.165, 1.54) is 6.92 Å². The molecule has 66 valence electrons. The normalized spacial score (nSPS) is 16.5. The highest BCUT2D eigenvalue weighted by atomic mass is 16.6. The molecule has 0 spiro atoms. The molecule has 0 fully saturated rings. The highest BCUT2D eigenvalue weighted by molar-refractivity contribution is 4.74. The maximum Gasteiger partial charge on any atom is 0.268 e. The van der Waals surface area contributed by atoms with Crippen molar-refractivity contribution in [2.24, 2.45) is 0 Å². The SMILES string of the molecule is CCCC(C)(C(O)O)[N+](=O)[O-]. The second-order valence-corrected chi connectivity index (χ2v) is 2.74. The molecule has 0 rings (SSSR count). The largest absolute Gasteiger partial charge is 0.362 e. The summed E-state index contributed by atoms with van der Waals surface area (Å²) in [6, 6.07) is 0. The Morgan fingerprint density at radius 1 is 1.64 bits per heavy atom. The molecule has 0 saturated heterocycles. The van der Waals surface area contributed by atoms with Gasteiger partial charge in [-0.15, -0.1) is 0 Å². The topological polar surface area (TPSA) is 83.6 Å². The van der Waals surface area contributed by atoms with Crippen LogP contribution < -0.4 is 0 Å². The van der Waals surface area contributed by atoms with Crippen LogP contribution in [0.3, 0.4) is 0 Å². The third-order valence-corrected chi connectivity index (χ3v) is 1.73. The van der Waals surface area contributed by atoms with Crippen LogP contribution in [0.25, 0.3) is 0 Å². The van der Waals surface area contributed by atoms with E-state index in [1.807, 2.05) is 0 Å². The van der Waals surface area contributed by atoms with Gasteiger partial charge in [-0.05, 0) is 6.42 Å². The first kappa shape index (κ1) is 10.3. The summed E-state index contributed by atoms with van der Waals surface area (Å²) in [5.74, 6) is 0. The molecule has 1 unspecified atom stereocenters. The Morgan fingerprint density at radius 3 is 2.18 bits per heavy atom. The number of hydrogen-bond donors (Lipinski definition) is 2. The molecule has 0 aliphatic heterocycles. The average Bonchev–Trinajstić information content (AvgIpc) is 1.87. The van der Waals surface area contributed by atoms with Gasteiger partial charge in [-0.2, -0.15) is 0 Å². The van der Waals surface area contributed by atoms with Crippen LogP contribution in [0, 0.1) is 10.1 Å². The van der Waals surface area contributed by atoms with Gasteiger partial charge in [-0.25, -0.2) is 0 Å². The smallest absolute Gasteiger partial charge is 0.268 e. The minimum Gasteiger partial charge on any atom is -0.362 e. The van der Waals surface area contributed by atoms with E-state index in [1.54, 1.807) is 6.92 Å². The first-order valence-corrected chi connectivity index (χ1v) is 3.45. The third-order valence-electron chi connectivity index (χ3n) is 1.73. The highest BCUT2D eigenvalue weighted by Crippen LogP contribution is 2.19. The van der Waals surface area contributed by atoms with Crippen LogP contribution in [0.4, 0.5) is 0 Å². The summed E-state index contributed by atoms with van der Waals surface area (Å²) in [4.78, 5) is 9.69. The predicted molar refractivity (Wildman–Crippen MR) is 38.5 cm³/mol. The van der Waals surface area contributed by atoms with Crippen molar-refractivity contribution in [3.63, 3.8) is 0 Å². The van der Waals surface area contributed by atoms with E-state index < -0.39 is 16.8 Å². The van der Waals surface area contributed by atoms with Crippen LogP contribution in [-0.2, 0) is 0 Å². The summed E-state index contributed by atoms with van der Waals surface area (Å²) in [5, 5.41) is 27.7. The molecule has 0 aromatic heterocycles. The van der Waals surface area contributed by atoms with Gasteiger partial charge in [0.1, 0.15) is 0 Å². The van der Waals surface area contributed by atoms with Crippen molar-refractivity contribution in [3.8, 4) is 0 Å². The summed E-state index contributed by atoms with van der Waals surface area (Å²) < 4.78 is 0. The van der Waals surface area contributed by atoms with Crippen molar-refractivity contribution in [2.45, 2.75) is 38.5 Å². The van der Waals surface area contributed by atoms with Gasteiger partial charge in [-0.3, -0.25) is 10.1 Å². The van der Waals surface area contributed by atoms with Crippen LogP contribution in [0.5, 0.6) is 0 Å². The summed E-state index contributed by atoms with van der Waals surface area (Å²) in [6.45, 7) is 2.98. The fourth-order valence-corrected chi connectivity index (χ4v) is 0.821. The maximum absolute atomic E-state index is 10.3. The predicted octanol–water partition coefficient (Wildman–Crippen LogP) is 0.133. The van der Waals surface area contributed by atoms with Gasteiger partial charge in [0.25, 0.3) is 5.54 Å². The lowest BCUT2D eigenvalue weighted by Crippen LogP contribution is -2.46. The van der Waals surface area contributed by atoms with E-state index in [4.69, 9.17) is 10.2 Å². The number of aliphatic hydroxyl groups excluding tert-OH is 1. The third kappa shape index (κ3) is 2.13. The van der Waals surface area contributed by atoms with E-state index in [9.17, 15) is 10.1 Å². The molecule has 0 radical (unpaired) electrons. The fraction of sp³-hybridized carbons (Fsp3) is 1.00. The van der Waals surface area contributed by atoms with Crippen molar-refractivity contribution < 1.29 is 15.1 Å². The number of nitrogens with zero attached hydrogens (tertiary/aromatic N) is 1. The summed E-state index contributed by atoms with van der Waals surface area (Å²) in [7, 11) is 0. The molecule has 0 amide bonds. The molecule has 2 N–H and O–H groups in total. The first-order chi connectivity index (χ1) is 4.95. The highest BCUT2D eigenvalue weighted by Gasteiger charge is 2.43. The van der Waals surface area contributed by atoms with Gasteiger partial charge < -0.3 is 10.2 Å². The molecular weight excluding hydrogens is 150 g/mol. The maximum atomic E-state index is 10.3. The number of hydrogen-bond acceptors (Lipinski definition) is 4. The van der Waals surface area contributed by atoms with Crippen LogP contribution in [0.1, 0.15) is 26.7 Å². The van der Waals surface area contributed by atoms with E-state index in [0.717, 1.165) is 0 Å². The van der Waals surface area contributed by atoms with Crippen molar-refractivity contribution in [2.75, 3.05) is 0 Å². The fourth-order valence-electron chi connectivity index (χ4n) is 0.821. The van der Waals surface area contributed by atoms with E-state index in [0.29, 0.717) is 6.42 Å². The van der Waals surface area contributed by atoms with Crippen LogP contribution in [0.15, 0.2) is 0 Å². The second kappa shape index (κ2) is 3.64. The Kier molecular flexibility index (Phi) is 3.41. The molecular formula is C6H13NO4.